The van der Waals surface area contributed by atoms with Crippen molar-refractivity contribution >= 4 is 29.6 Å². The van der Waals surface area contributed by atoms with Crippen molar-refractivity contribution in [2.75, 3.05) is 12.8 Å². The lowest BCUT2D eigenvalue weighted by molar-refractivity contribution is -0.138. The largest absolute Gasteiger partial charge is 0.481 e. The van der Waals surface area contributed by atoms with Gasteiger partial charge in [-0.25, -0.2) is 0 Å². The summed E-state index contributed by atoms with van der Waals surface area (Å²) >= 11 is 0.920. The maximum atomic E-state index is 11.2. The number of rotatable bonds is 7. The van der Waals surface area contributed by atoms with E-state index in [0.717, 1.165) is 11.8 Å². The normalized spacial score (nSPS) is 13.9. The number of carboxylic acids is 2. The van der Waals surface area contributed by atoms with Gasteiger partial charge in [-0.05, 0) is 0 Å². The molecular formula is C8H14N2O5S. The highest BCUT2D eigenvalue weighted by Crippen LogP contribution is 2.15. The Bertz CT molecular complexity index is 284. The molecule has 8 heteroatoms. The average Bonchev–Trinajstić information content (AvgIpc) is 2.21. The Hall–Kier alpha value is -1.28. The summed E-state index contributed by atoms with van der Waals surface area (Å²) in [6, 6.07) is -1.11. The van der Waals surface area contributed by atoms with E-state index in [1.165, 1.54) is 7.05 Å². The summed E-state index contributed by atoms with van der Waals surface area (Å²) < 4.78 is 0. The van der Waals surface area contributed by atoms with Crippen LogP contribution in [0.15, 0.2) is 0 Å². The highest BCUT2D eigenvalue weighted by atomic mass is 32.2. The molecule has 0 aliphatic carbocycles. The molecule has 2 unspecified atom stereocenters. The summed E-state index contributed by atoms with van der Waals surface area (Å²) in [5.41, 5.74) is 5.24. The van der Waals surface area contributed by atoms with Gasteiger partial charge in [-0.2, -0.15) is 0 Å². The highest BCUT2D eigenvalue weighted by molar-refractivity contribution is 8.00. The fourth-order valence-electron chi connectivity index (χ4n) is 0.838. The zero-order valence-electron chi connectivity index (χ0n) is 8.67. The number of aliphatic carboxylic acids is 2. The van der Waals surface area contributed by atoms with E-state index < -0.39 is 29.1 Å². The van der Waals surface area contributed by atoms with Crippen LogP contribution in [-0.4, -0.2) is 52.2 Å². The molecule has 0 aromatic rings. The molecule has 7 nitrogen and oxygen atoms in total. The molecule has 92 valence electrons. The van der Waals surface area contributed by atoms with Gasteiger partial charge in [-0.3, -0.25) is 14.4 Å². The maximum absolute atomic E-state index is 11.2. The van der Waals surface area contributed by atoms with Gasteiger partial charge in [-0.15, -0.1) is 11.8 Å². The number of nitrogens with one attached hydrogen (secondary N) is 1. The Kier molecular flexibility index (Phi) is 6.50. The van der Waals surface area contributed by atoms with Crippen LogP contribution in [-0.2, 0) is 14.4 Å². The topological polar surface area (TPSA) is 130 Å². The van der Waals surface area contributed by atoms with Crippen molar-refractivity contribution in [2.45, 2.75) is 17.7 Å². The molecule has 0 spiro atoms. The van der Waals surface area contributed by atoms with Crippen LogP contribution >= 0.6 is 11.8 Å². The molecule has 0 fully saturated rings. The quantitative estimate of drug-likeness (QED) is 0.442. The van der Waals surface area contributed by atoms with Gasteiger partial charge in [0.2, 0.25) is 5.91 Å². The van der Waals surface area contributed by atoms with Gasteiger partial charge >= 0.3 is 11.9 Å². The minimum atomic E-state index is -1.18. The van der Waals surface area contributed by atoms with Crippen molar-refractivity contribution in [3.8, 4) is 0 Å². The number of carboxylic acid groups (broad SMARTS) is 2. The van der Waals surface area contributed by atoms with Crippen LogP contribution in [0.1, 0.15) is 6.42 Å². The SMILES string of the molecule is CNC(=O)C(CC(=O)O)SCC(N)C(=O)O. The molecule has 0 radical (unpaired) electrons. The molecule has 1 amide bonds. The minimum absolute atomic E-state index is 0.0132. The number of thioether (sulfide) groups is 1. The number of nitrogens with two attached hydrogens (primary N) is 1. The standard InChI is InChI=1S/C8H14N2O5S/c1-10-7(13)5(2-6(11)12)16-3-4(9)8(14)15/h4-5H,2-3,9H2,1H3,(H,10,13)(H,11,12)(H,14,15). The lowest BCUT2D eigenvalue weighted by Crippen LogP contribution is -2.36. The van der Waals surface area contributed by atoms with E-state index in [4.69, 9.17) is 15.9 Å². The minimum Gasteiger partial charge on any atom is -0.481 e. The second kappa shape index (κ2) is 7.07. The van der Waals surface area contributed by atoms with E-state index in [9.17, 15) is 14.4 Å². The lowest BCUT2D eigenvalue weighted by atomic mass is 10.3. The molecule has 2 atom stereocenters. The summed E-state index contributed by atoms with van der Waals surface area (Å²) in [5.74, 6) is -2.77. The van der Waals surface area contributed by atoms with E-state index in [0.29, 0.717) is 0 Å². The van der Waals surface area contributed by atoms with Crippen molar-refractivity contribution in [1.82, 2.24) is 5.32 Å². The number of carbonyl (C=O) groups is 3. The van der Waals surface area contributed by atoms with Gasteiger partial charge in [0.1, 0.15) is 6.04 Å². The van der Waals surface area contributed by atoms with E-state index in [1.54, 1.807) is 0 Å². The van der Waals surface area contributed by atoms with Crippen LogP contribution in [0.2, 0.25) is 0 Å². The van der Waals surface area contributed by atoms with Crippen molar-refractivity contribution in [1.29, 1.82) is 0 Å². The Morgan fingerprint density at radius 2 is 1.94 bits per heavy atom. The summed E-state index contributed by atoms with van der Waals surface area (Å²) in [6.45, 7) is 0. The molecule has 5 N–H and O–H groups in total. The first-order chi connectivity index (χ1) is 7.38. The number of amides is 1. The third-order valence-corrected chi connectivity index (χ3v) is 3.03. The highest BCUT2D eigenvalue weighted by Gasteiger charge is 2.23. The zero-order chi connectivity index (χ0) is 12.7. The van der Waals surface area contributed by atoms with Gasteiger partial charge in [0.25, 0.3) is 0 Å². The van der Waals surface area contributed by atoms with Crippen LogP contribution < -0.4 is 11.1 Å². The van der Waals surface area contributed by atoms with Gasteiger partial charge in [-0.1, -0.05) is 0 Å². The lowest BCUT2D eigenvalue weighted by Gasteiger charge is -2.14. The molecule has 0 aromatic heterocycles. The first kappa shape index (κ1) is 14.7. The smallest absolute Gasteiger partial charge is 0.321 e. The first-order valence-corrected chi connectivity index (χ1v) is 5.46. The fraction of sp³-hybridized carbons (Fsp3) is 0.625. The van der Waals surface area contributed by atoms with E-state index in [-0.39, 0.29) is 12.2 Å². The molecule has 0 aromatic carbocycles. The summed E-state index contributed by atoms with van der Waals surface area (Å²) in [4.78, 5) is 32.1. The van der Waals surface area contributed by atoms with Crippen LogP contribution in [0.25, 0.3) is 0 Å². The Balaban J connectivity index is 4.27. The molecule has 0 bridgehead atoms. The Morgan fingerprint density at radius 1 is 1.38 bits per heavy atom. The molecule has 0 saturated carbocycles. The second-order valence-electron chi connectivity index (χ2n) is 2.98. The summed E-state index contributed by atoms with van der Waals surface area (Å²) in [5, 5.41) is 18.6. The van der Waals surface area contributed by atoms with Gasteiger partial charge < -0.3 is 21.3 Å². The van der Waals surface area contributed by atoms with Crippen molar-refractivity contribution in [3.63, 3.8) is 0 Å². The van der Waals surface area contributed by atoms with Crippen molar-refractivity contribution in [2.24, 2.45) is 5.73 Å². The van der Waals surface area contributed by atoms with Crippen molar-refractivity contribution < 1.29 is 24.6 Å². The van der Waals surface area contributed by atoms with Gasteiger partial charge in [0, 0.05) is 12.8 Å². The van der Waals surface area contributed by atoms with E-state index in [1.807, 2.05) is 0 Å². The zero-order valence-corrected chi connectivity index (χ0v) is 9.49. The Morgan fingerprint density at radius 3 is 2.31 bits per heavy atom. The Labute approximate surface area is 96.4 Å². The van der Waals surface area contributed by atoms with Gasteiger partial charge in [0.05, 0.1) is 11.7 Å². The van der Waals surface area contributed by atoms with Crippen LogP contribution in [0.3, 0.4) is 0 Å². The second-order valence-corrected chi connectivity index (χ2v) is 4.21. The third kappa shape index (κ3) is 5.56. The summed E-state index contributed by atoms with van der Waals surface area (Å²) in [6.07, 6.45) is -0.364. The maximum Gasteiger partial charge on any atom is 0.321 e. The molecule has 0 aliphatic rings. The average molecular weight is 250 g/mol. The molecule has 16 heavy (non-hydrogen) atoms. The third-order valence-electron chi connectivity index (χ3n) is 1.69. The number of hydrogen-bond donors (Lipinski definition) is 4. The predicted molar refractivity (Wildman–Crippen MR) is 58.2 cm³/mol. The first-order valence-electron chi connectivity index (χ1n) is 4.41. The van der Waals surface area contributed by atoms with E-state index in [2.05, 4.69) is 5.32 Å². The van der Waals surface area contributed by atoms with Crippen LogP contribution in [0.4, 0.5) is 0 Å². The molecule has 0 aliphatic heterocycles. The van der Waals surface area contributed by atoms with Gasteiger partial charge in [0.15, 0.2) is 0 Å². The molecule has 0 rings (SSSR count). The fourth-order valence-corrected chi connectivity index (χ4v) is 1.95. The predicted octanol–water partition coefficient (Wildman–Crippen LogP) is -1.28. The van der Waals surface area contributed by atoms with Crippen molar-refractivity contribution in [3.05, 3.63) is 0 Å². The van der Waals surface area contributed by atoms with E-state index >= 15 is 0 Å². The molecule has 0 heterocycles. The summed E-state index contributed by atoms with van der Waals surface area (Å²) in [7, 11) is 1.38. The molecule has 0 saturated heterocycles. The number of hydrogen-bond acceptors (Lipinski definition) is 5. The monoisotopic (exact) mass is 250 g/mol. The van der Waals surface area contributed by atoms with Crippen LogP contribution in [0.5, 0.6) is 0 Å². The molecular weight excluding hydrogens is 236 g/mol. The number of carbonyl (C=O) groups excluding carboxylic acids is 1. The van der Waals surface area contributed by atoms with Crippen LogP contribution in [0, 0.1) is 0 Å².